The van der Waals surface area contributed by atoms with E-state index in [1.807, 2.05) is 26.0 Å². The Kier molecular flexibility index (Phi) is 32.5. The Labute approximate surface area is 110 Å². The van der Waals surface area contributed by atoms with E-state index >= 15 is 0 Å². The zero-order chi connectivity index (χ0) is 13.9. The summed E-state index contributed by atoms with van der Waals surface area (Å²) >= 11 is 0. The predicted molar refractivity (Wildman–Crippen MR) is 80.7 cm³/mol. The summed E-state index contributed by atoms with van der Waals surface area (Å²) in [6, 6.07) is 0. The zero-order valence-electron chi connectivity index (χ0n) is 13.3. The van der Waals surface area contributed by atoms with Crippen molar-refractivity contribution < 1.29 is 5.11 Å². The molecule has 0 saturated carbocycles. The fraction of sp³-hybridized carbons (Fsp3) is 1.00. The third-order valence-electron chi connectivity index (χ3n) is 1.96. The standard InChI is InChI=1S/C10H22.C3H9N.C2H6O/c1-3-5-7-9-10-8-6-4-2;1-4(2)3;1-2-3/h3-10H2,1-2H3;1-3H3;3H,2H2,1H3. The van der Waals surface area contributed by atoms with Crippen LogP contribution in [0.15, 0.2) is 0 Å². The summed E-state index contributed by atoms with van der Waals surface area (Å²) in [5.74, 6) is 0. The van der Waals surface area contributed by atoms with Gasteiger partial charge in [0.15, 0.2) is 0 Å². The van der Waals surface area contributed by atoms with Gasteiger partial charge in [0.1, 0.15) is 0 Å². The fourth-order valence-corrected chi connectivity index (χ4v) is 1.21. The lowest BCUT2D eigenvalue weighted by Crippen LogP contribution is -1.99. The molecule has 0 bridgehead atoms. The molecule has 0 rings (SSSR count). The molecule has 0 saturated heterocycles. The van der Waals surface area contributed by atoms with Crippen LogP contribution in [0, 0.1) is 0 Å². The van der Waals surface area contributed by atoms with Crippen molar-refractivity contribution >= 4 is 0 Å². The molecule has 0 aromatic carbocycles. The molecule has 2 nitrogen and oxygen atoms in total. The van der Waals surface area contributed by atoms with E-state index in [0.29, 0.717) is 0 Å². The van der Waals surface area contributed by atoms with Crippen molar-refractivity contribution in [3.63, 3.8) is 0 Å². The van der Waals surface area contributed by atoms with Gasteiger partial charge in [-0.2, -0.15) is 0 Å². The summed E-state index contributed by atoms with van der Waals surface area (Å²) in [5.41, 5.74) is 0. The van der Waals surface area contributed by atoms with E-state index in [9.17, 15) is 0 Å². The summed E-state index contributed by atoms with van der Waals surface area (Å²) in [7, 11) is 6.00. The van der Waals surface area contributed by atoms with Gasteiger partial charge in [0.05, 0.1) is 0 Å². The molecular formula is C15H37NO. The van der Waals surface area contributed by atoms with E-state index in [0.717, 1.165) is 0 Å². The van der Waals surface area contributed by atoms with E-state index in [-0.39, 0.29) is 6.61 Å². The van der Waals surface area contributed by atoms with Gasteiger partial charge < -0.3 is 10.0 Å². The monoisotopic (exact) mass is 247 g/mol. The highest BCUT2D eigenvalue weighted by molar-refractivity contribution is 4.43. The maximum atomic E-state index is 7.57. The highest BCUT2D eigenvalue weighted by Gasteiger charge is 1.87. The lowest BCUT2D eigenvalue weighted by atomic mass is 10.1. The van der Waals surface area contributed by atoms with E-state index in [1.54, 1.807) is 6.92 Å². The molecule has 0 aromatic rings. The summed E-state index contributed by atoms with van der Waals surface area (Å²) in [6.45, 7) is 6.47. The number of unbranched alkanes of at least 4 members (excludes halogenated alkanes) is 7. The minimum atomic E-state index is 0.250. The molecule has 2 heteroatoms. The van der Waals surface area contributed by atoms with Crippen molar-refractivity contribution in [3.05, 3.63) is 0 Å². The third-order valence-corrected chi connectivity index (χ3v) is 1.96. The normalized spacial score (nSPS) is 9.18. The van der Waals surface area contributed by atoms with Gasteiger partial charge in [0.25, 0.3) is 0 Å². The number of aliphatic hydroxyl groups excluding tert-OH is 1. The summed E-state index contributed by atoms with van der Waals surface area (Å²) in [4.78, 5) is 2.00. The highest BCUT2D eigenvalue weighted by Crippen LogP contribution is 2.07. The Hall–Kier alpha value is -0.0800. The average molecular weight is 247 g/mol. The molecule has 1 N–H and O–H groups in total. The van der Waals surface area contributed by atoms with Gasteiger partial charge in [0, 0.05) is 6.61 Å². The number of hydrogen-bond donors (Lipinski definition) is 1. The van der Waals surface area contributed by atoms with Crippen LogP contribution in [-0.4, -0.2) is 37.8 Å². The SMILES string of the molecule is CCCCCCCCCC.CCO.CN(C)C. The molecule has 0 aliphatic carbocycles. The van der Waals surface area contributed by atoms with Crippen molar-refractivity contribution in [2.45, 2.75) is 72.1 Å². The number of aliphatic hydroxyl groups is 1. The first-order chi connectivity index (χ1) is 8.06. The Bertz CT molecular complexity index is 84.2. The van der Waals surface area contributed by atoms with Crippen LogP contribution < -0.4 is 0 Å². The topological polar surface area (TPSA) is 23.5 Å². The number of rotatable bonds is 7. The van der Waals surface area contributed by atoms with Crippen LogP contribution in [-0.2, 0) is 0 Å². The first kappa shape index (κ1) is 22.1. The van der Waals surface area contributed by atoms with Crippen LogP contribution in [0.3, 0.4) is 0 Å². The van der Waals surface area contributed by atoms with Crippen molar-refractivity contribution in [1.82, 2.24) is 4.90 Å². The average Bonchev–Trinajstić information content (AvgIpc) is 2.24. The summed E-state index contributed by atoms with van der Waals surface area (Å²) in [5, 5.41) is 7.57. The molecule has 108 valence electrons. The highest BCUT2D eigenvalue weighted by atomic mass is 16.2. The maximum absolute atomic E-state index is 7.57. The predicted octanol–water partition coefficient (Wildman–Crippen LogP) is 4.32. The number of nitrogens with zero attached hydrogens (tertiary/aromatic N) is 1. The van der Waals surface area contributed by atoms with E-state index in [1.165, 1.54) is 51.4 Å². The molecule has 0 radical (unpaired) electrons. The molecule has 0 aromatic heterocycles. The van der Waals surface area contributed by atoms with Crippen LogP contribution in [0.1, 0.15) is 72.1 Å². The molecular weight excluding hydrogens is 210 g/mol. The Morgan fingerprint density at radius 1 is 0.647 bits per heavy atom. The van der Waals surface area contributed by atoms with Crippen LogP contribution in [0.2, 0.25) is 0 Å². The van der Waals surface area contributed by atoms with Crippen LogP contribution in [0.5, 0.6) is 0 Å². The molecule has 0 unspecified atom stereocenters. The molecule has 0 atom stereocenters. The van der Waals surface area contributed by atoms with Crippen molar-refractivity contribution in [2.24, 2.45) is 0 Å². The van der Waals surface area contributed by atoms with Gasteiger partial charge in [-0.15, -0.1) is 0 Å². The second-order valence-electron chi connectivity index (χ2n) is 4.78. The first-order valence-electron chi connectivity index (χ1n) is 7.28. The Balaban J connectivity index is -0.000000232. The summed E-state index contributed by atoms with van der Waals surface area (Å²) in [6.07, 6.45) is 11.5. The zero-order valence-corrected chi connectivity index (χ0v) is 13.3. The van der Waals surface area contributed by atoms with Gasteiger partial charge >= 0.3 is 0 Å². The van der Waals surface area contributed by atoms with Crippen LogP contribution in [0.4, 0.5) is 0 Å². The Morgan fingerprint density at radius 2 is 0.824 bits per heavy atom. The third kappa shape index (κ3) is 64.4. The number of hydrogen-bond acceptors (Lipinski definition) is 2. The van der Waals surface area contributed by atoms with Crippen LogP contribution >= 0.6 is 0 Å². The summed E-state index contributed by atoms with van der Waals surface area (Å²) < 4.78 is 0. The molecule has 0 heterocycles. The molecule has 0 fully saturated rings. The van der Waals surface area contributed by atoms with E-state index < -0.39 is 0 Å². The molecule has 0 spiro atoms. The van der Waals surface area contributed by atoms with E-state index in [4.69, 9.17) is 5.11 Å². The molecule has 0 aliphatic heterocycles. The lowest BCUT2D eigenvalue weighted by Gasteiger charge is -1.97. The fourth-order valence-electron chi connectivity index (χ4n) is 1.21. The smallest absolute Gasteiger partial charge is 0.0402 e. The molecule has 0 amide bonds. The van der Waals surface area contributed by atoms with Crippen molar-refractivity contribution in [3.8, 4) is 0 Å². The van der Waals surface area contributed by atoms with Crippen LogP contribution in [0.25, 0.3) is 0 Å². The largest absolute Gasteiger partial charge is 0.397 e. The minimum Gasteiger partial charge on any atom is -0.397 e. The van der Waals surface area contributed by atoms with Crippen molar-refractivity contribution in [2.75, 3.05) is 27.7 Å². The van der Waals surface area contributed by atoms with Gasteiger partial charge in [-0.1, -0.05) is 65.2 Å². The second-order valence-corrected chi connectivity index (χ2v) is 4.78. The quantitative estimate of drug-likeness (QED) is 0.677. The second kappa shape index (κ2) is 24.9. The molecule has 0 aliphatic rings. The van der Waals surface area contributed by atoms with Gasteiger partial charge in [-0.25, -0.2) is 0 Å². The Morgan fingerprint density at radius 3 is 1.00 bits per heavy atom. The van der Waals surface area contributed by atoms with Crippen molar-refractivity contribution in [1.29, 1.82) is 0 Å². The van der Waals surface area contributed by atoms with Gasteiger partial charge in [-0.3, -0.25) is 0 Å². The maximum Gasteiger partial charge on any atom is 0.0402 e. The van der Waals surface area contributed by atoms with Gasteiger partial charge in [0.2, 0.25) is 0 Å². The lowest BCUT2D eigenvalue weighted by molar-refractivity contribution is 0.318. The minimum absolute atomic E-state index is 0.250. The van der Waals surface area contributed by atoms with E-state index in [2.05, 4.69) is 13.8 Å². The van der Waals surface area contributed by atoms with Gasteiger partial charge in [-0.05, 0) is 28.1 Å². The first-order valence-corrected chi connectivity index (χ1v) is 7.28. The molecule has 17 heavy (non-hydrogen) atoms.